The molecule has 0 aliphatic heterocycles. The first-order valence-corrected chi connectivity index (χ1v) is 8.47. The zero-order valence-electron chi connectivity index (χ0n) is 14.2. The number of fused-ring (bicyclic) bond motifs is 1. The van der Waals surface area contributed by atoms with E-state index in [4.69, 9.17) is 16.3 Å². The molecule has 1 aliphatic carbocycles. The Kier molecular flexibility index (Phi) is 5.15. The predicted molar refractivity (Wildman–Crippen MR) is 92.8 cm³/mol. The molecule has 8 heteroatoms. The van der Waals surface area contributed by atoms with Gasteiger partial charge >= 0.3 is 12.1 Å². The first-order valence-electron chi connectivity index (χ1n) is 8.09. The summed E-state index contributed by atoms with van der Waals surface area (Å²) in [5, 5.41) is 2.64. The number of hydrogen-bond acceptors (Lipinski definition) is 3. The minimum absolute atomic E-state index is 0.0676. The molecule has 0 saturated carbocycles. The maximum absolute atomic E-state index is 12.9. The molecule has 2 aromatic carbocycles. The minimum atomic E-state index is -4.57. The zero-order chi connectivity index (χ0) is 19.8. The van der Waals surface area contributed by atoms with Crippen LogP contribution in [0, 0.1) is 0 Å². The highest BCUT2D eigenvalue weighted by Gasteiger charge is 2.32. The number of rotatable bonds is 3. The van der Waals surface area contributed by atoms with Gasteiger partial charge in [-0.05, 0) is 54.3 Å². The lowest BCUT2D eigenvalue weighted by molar-refractivity contribution is -0.137. The van der Waals surface area contributed by atoms with Gasteiger partial charge in [0.25, 0.3) is 5.91 Å². The van der Waals surface area contributed by atoms with Gasteiger partial charge in [0.1, 0.15) is 0 Å². The van der Waals surface area contributed by atoms with Crippen molar-refractivity contribution < 1.29 is 27.5 Å². The van der Waals surface area contributed by atoms with E-state index in [1.807, 2.05) is 0 Å². The standard InChI is InChI=1S/C19H15ClF3NO3/c1-27-18(26)11-3-2-10-4-7-16(13(10)8-11)24-17(25)14-9-12(19(21,22)23)5-6-15(14)20/h2-3,5-6,8-9,16H,4,7H2,1H3,(H,24,25)/t16-/m1/s1. The van der Waals surface area contributed by atoms with Gasteiger partial charge in [-0.15, -0.1) is 0 Å². The SMILES string of the molecule is COC(=O)c1ccc2c(c1)[C@H](NC(=O)c1cc(C(F)(F)F)ccc1Cl)CC2. The van der Waals surface area contributed by atoms with Crippen LogP contribution in [0.25, 0.3) is 0 Å². The van der Waals surface area contributed by atoms with Gasteiger partial charge in [-0.1, -0.05) is 17.7 Å². The Labute approximate surface area is 158 Å². The average Bonchev–Trinajstić information content (AvgIpc) is 3.02. The number of nitrogens with one attached hydrogen (secondary N) is 1. The van der Waals surface area contributed by atoms with E-state index >= 15 is 0 Å². The second kappa shape index (κ2) is 7.23. The Bertz CT molecular complexity index is 912. The van der Waals surface area contributed by atoms with E-state index in [2.05, 4.69) is 5.32 Å². The molecule has 1 amide bonds. The summed E-state index contributed by atoms with van der Waals surface area (Å²) < 4.78 is 43.4. The smallest absolute Gasteiger partial charge is 0.416 e. The second-order valence-electron chi connectivity index (χ2n) is 6.16. The van der Waals surface area contributed by atoms with Gasteiger partial charge in [-0.3, -0.25) is 4.79 Å². The number of hydrogen-bond donors (Lipinski definition) is 1. The van der Waals surface area contributed by atoms with Crippen LogP contribution in [0.1, 0.15) is 49.9 Å². The lowest BCUT2D eigenvalue weighted by Crippen LogP contribution is -2.28. The van der Waals surface area contributed by atoms with E-state index in [0.29, 0.717) is 18.4 Å². The van der Waals surface area contributed by atoms with Crippen molar-refractivity contribution in [3.63, 3.8) is 0 Å². The number of alkyl halides is 3. The molecule has 0 unspecified atom stereocenters. The van der Waals surface area contributed by atoms with Crippen molar-refractivity contribution in [2.45, 2.75) is 25.1 Å². The Morgan fingerprint density at radius 2 is 1.93 bits per heavy atom. The van der Waals surface area contributed by atoms with Crippen LogP contribution in [0.15, 0.2) is 36.4 Å². The highest BCUT2D eigenvalue weighted by atomic mass is 35.5. The molecule has 0 fully saturated rings. The number of benzene rings is 2. The van der Waals surface area contributed by atoms with Gasteiger partial charge < -0.3 is 10.1 Å². The molecule has 0 heterocycles. The number of aryl methyl sites for hydroxylation is 1. The molecule has 0 bridgehead atoms. The number of amides is 1. The quantitative estimate of drug-likeness (QED) is 0.772. The topological polar surface area (TPSA) is 55.4 Å². The van der Waals surface area contributed by atoms with Gasteiger partial charge in [0.15, 0.2) is 0 Å². The van der Waals surface area contributed by atoms with Crippen molar-refractivity contribution >= 4 is 23.5 Å². The fourth-order valence-electron chi connectivity index (χ4n) is 3.11. The number of carbonyl (C=O) groups is 2. The number of methoxy groups -OCH3 is 1. The highest BCUT2D eigenvalue weighted by Crippen LogP contribution is 2.34. The van der Waals surface area contributed by atoms with E-state index in [1.165, 1.54) is 7.11 Å². The summed E-state index contributed by atoms with van der Waals surface area (Å²) in [5.74, 6) is -1.21. The lowest BCUT2D eigenvalue weighted by Gasteiger charge is -2.16. The molecule has 27 heavy (non-hydrogen) atoms. The molecule has 1 aliphatic rings. The Morgan fingerprint density at radius 1 is 1.19 bits per heavy atom. The van der Waals surface area contributed by atoms with Crippen LogP contribution in [0.3, 0.4) is 0 Å². The van der Waals surface area contributed by atoms with Gasteiger partial charge in [-0.2, -0.15) is 13.2 Å². The number of halogens is 4. The third kappa shape index (κ3) is 3.93. The molecule has 1 N–H and O–H groups in total. The third-order valence-electron chi connectivity index (χ3n) is 4.49. The number of carbonyl (C=O) groups excluding carboxylic acids is 2. The van der Waals surface area contributed by atoms with Crippen LogP contribution < -0.4 is 5.32 Å². The minimum Gasteiger partial charge on any atom is -0.465 e. The molecule has 4 nitrogen and oxygen atoms in total. The van der Waals surface area contributed by atoms with Gasteiger partial charge in [0, 0.05) is 0 Å². The first-order chi connectivity index (χ1) is 12.7. The maximum Gasteiger partial charge on any atom is 0.416 e. The number of esters is 1. The molecule has 0 radical (unpaired) electrons. The summed E-state index contributed by atoms with van der Waals surface area (Å²) >= 11 is 5.92. The molecule has 1 atom stereocenters. The highest BCUT2D eigenvalue weighted by molar-refractivity contribution is 6.33. The van der Waals surface area contributed by atoms with Gasteiger partial charge in [-0.25, -0.2) is 4.79 Å². The van der Waals surface area contributed by atoms with Crippen LogP contribution >= 0.6 is 11.6 Å². The van der Waals surface area contributed by atoms with Crippen molar-refractivity contribution in [3.8, 4) is 0 Å². The summed E-state index contributed by atoms with van der Waals surface area (Å²) in [6.07, 6.45) is -3.32. The normalized spacial score (nSPS) is 16.0. The fourth-order valence-corrected chi connectivity index (χ4v) is 3.31. The average molecular weight is 398 g/mol. The van der Waals surface area contributed by atoms with Crippen LogP contribution in [0.5, 0.6) is 0 Å². The molecule has 0 saturated heterocycles. The van der Waals surface area contributed by atoms with E-state index in [9.17, 15) is 22.8 Å². The van der Waals surface area contributed by atoms with Crippen molar-refractivity contribution in [3.05, 3.63) is 69.2 Å². The summed E-state index contributed by atoms with van der Waals surface area (Å²) in [6, 6.07) is 7.24. The lowest BCUT2D eigenvalue weighted by atomic mass is 10.0. The largest absolute Gasteiger partial charge is 0.465 e. The van der Waals surface area contributed by atoms with Crippen molar-refractivity contribution in [1.82, 2.24) is 5.32 Å². The third-order valence-corrected chi connectivity index (χ3v) is 4.82. The summed E-state index contributed by atoms with van der Waals surface area (Å²) in [7, 11) is 1.27. The molecule has 2 aromatic rings. The summed E-state index contributed by atoms with van der Waals surface area (Å²) in [5.41, 5.74) is 0.854. The summed E-state index contributed by atoms with van der Waals surface area (Å²) in [6.45, 7) is 0. The van der Waals surface area contributed by atoms with Gasteiger partial charge in [0.2, 0.25) is 0 Å². The van der Waals surface area contributed by atoms with Crippen LogP contribution in [-0.4, -0.2) is 19.0 Å². The van der Waals surface area contributed by atoms with Crippen LogP contribution in [0.2, 0.25) is 5.02 Å². The molecule has 0 aromatic heterocycles. The monoisotopic (exact) mass is 397 g/mol. The number of ether oxygens (including phenoxy) is 1. The molecule has 3 rings (SSSR count). The van der Waals surface area contributed by atoms with E-state index in [-0.39, 0.29) is 10.6 Å². The van der Waals surface area contributed by atoms with Crippen LogP contribution in [0.4, 0.5) is 13.2 Å². The molecular formula is C19H15ClF3NO3. The van der Waals surface area contributed by atoms with Crippen LogP contribution in [-0.2, 0) is 17.3 Å². The first kappa shape index (κ1) is 19.2. The molecular weight excluding hydrogens is 383 g/mol. The van der Waals surface area contributed by atoms with Gasteiger partial charge in [0.05, 0.1) is 34.9 Å². The zero-order valence-corrected chi connectivity index (χ0v) is 14.9. The van der Waals surface area contributed by atoms with E-state index < -0.39 is 29.7 Å². The van der Waals surface area contributed by atoms with E-state index in [0.717, 1.165) is 29.3 Å². The second-order valence-corrected chi connectivity index (χ2v) is 6.57. The Morgan fingerprint density at radius 3 is 2.59 bits per heavy atom. The van der Waals surface area contributed by atoms with Crippen molar-refractivity contribution in [2.75, 3.05) is 7.11 Å². The molecule has 142 valence electrons. The maximum atomic E-state index is 12.9. The molecule has 0 spiro atoms. The van der Waals surface area contributed by atoms with Crippen molar-refractivity contribution in [2.24, 2.45) is 0 Å². The predicted octanol–water partition coefficient (Wildman–Crippen LogP) is 4.56. The fraction of sp³-hybridized carbons (Fsp3) is 0.263. The van der Waals surface area contributed by atoms with E-state index in [1.54, 1.807) is 18.2 Å². The Hall–Kier alpha value is -2.54. The van der Waals surface area contributed by atoms with Crippen molar-refractivity contribution in [1.29, 1.82) is 0 Å². The Balaban J connectivity index is 1.86. The summed E-state index contributed by atoms with van der Waals surface area (Å²) in [4.78, 5) is 24.2.